The number of halogens is 2. The van der Waals surface area contributed by atoms with Crippen molar-refractivity contribution in [3.63, 3.8) is 0 Å². The number of benzene rings is 1. The van der Waals surface area contributed by atoms with Crippen LogP contribution in [-0.4, -0.2) is 84.8 Å². The van der Waals surface area contributed by atoms with E-state index in [0.717, 1.165) is 5.69 Å². The summed E-state index contributed by atoms with van der Waals surface area (Å²) < 4.78 is 24.7. The number of amides is 3. The van der Waals surface area contributed by atoms with Crippen LogP contribution in [0.15, 0.2) is 24.3 Å². The zero-order valence-electron chi connectivity index (χ0n) is 20.1. The van der Waals surface area contributed by atoms with E-state index < -0.39 is 24.8 Å². The minimum Gasteiger partial charge on any atom is -0.385 e. The number of nitriles is 1. The fraction of sp³-hybridized carbons (Fsp3) is 0.565. The predicted octanol–water partition coefficient (Wildman–Crippen LogP) is 2.19. The third kappa shape index (κ3) is 8.99. The van der Waals surface area contributed by atoms with E-state index in [0.29, 0.717) is 25.2 Å². The Morgan fingerprint density at radius 3 is 2.63 bits per heavy atom. The number of likely N-dealkylation sites (N-methyl/N-ethyl adjacent to an activating group) is 1. The molecule has 3 atom stereocenters. The number of nitrogens with zero attached hydrogens (tertiary/aromatic N) is 3. The molecule has 1 fully saturated rings. The van der Waals surface area contributed by atoms with Crippen molar-refractivity contribution in [3.8, 4) is 6.07 Å². The summed E-state index contributed by atoms with van der Waals surface area (Å²) in [5, 5.41) is 16.8. The van der Waals surface area contributed by atoms with Gasteiger partial charge in [0.25, 0.3) is 6.43 Å². The highest BCUT2D eigenvalue weighted by Crippen LogP contribution is 2.37. The van der Waals surface area contributed by atoms with Crippen molar-refractivity contribution in [2.24, 2.45) is 5.92 Å². The van der Waals surface area contributed by atoms with Crippen LogP contribution in [-0.2, 0) is 14.4 Å². The second kappa shape index (κ2) is 13.8. The van der Waals surface area contributed by atoms with Crippen LogP contribution in [0.4, 0.5) is 20.2 Å². The number of rotatable bonds is 13. The maximum absolute atomic E-state index is 12.9. The van der Waals surface area contributed by atoms with Gasteiger partial charge < -0.3 is 25.8 Å². The molecular formula is C23H32F2N6O3S. The standard InChI is InChI=1S/C23H32F2N6O3S/c1-4-31-21(10-15(12-26)22(33)28-13-19(24)25)35-18(23(31)34)8-9-27-16-6-5-7-17(11-16)29-20(32)14-30(2)3/h5-7,11,15,18-19,21,27H,4,8-10,13-14H2,1-3H3,(H,28,33)(H,29,32). The van der Waals surface area contributed by atoms with Gasteiger partial charge in [0, 0.05) is 30.9 Å². The molecule has 3 unspecified atom stereocenters. The van der Waals surface area contributed by atoms with Gasteiger partial charge in [0.1, 0.15) is 5.92 Å². The van der Waals surface area contributed by atoms with Gasteiger partial charge in [-0.15, -0.1) is 11.8 Å². The molecule has 0 radical (unpaired) electrons. The number of anilines is 2. The van der Waals surface area contributed by atoms with E-state index in [9.17, 15) is 28.4 Å². The fourth-order valence-corrected chi connectivity index (χ4v) is 5.23. The maximum atomic E-state index is 12.9. The van der Waals surface area contributed by atoms with Crippen LogP contribution in [0.5, 0.6) is 0 Å². The molecule has 0 saturated carbocycles. The molecule has 1 aliphatic rings. The minimum absolute atomic E-state index is 0.0707. The van der Waals surface area contributed by atoms with Gasteiger partial charge in [0.2, 0.25) is 17.7 Å². The average molecular weight is 511 g/mol. The van der Waals surface area contributed by atoms with Gasteiger partial charge in [-0.3, -0.25) is 14.4 Å². The highest BCUT2D eigenvalue weighted by Gasteiger charge is 2.40. The Bertz CT molecular complexity index is 927. The van der Waals surface area contributed by atoms with Crippen molar-refractivity contribution in [3.05, 3.63) is 24.3 Å². The Kier molecular flexibility index (Phi) is 11.2. The molecule has 1 aliphatic heterocycles. The first-order chi connectivity index (χ1) is 16.6. The third-order valence-electron chi connectivity index (χ3n) is 5.25. The molecule has 1 heterocycles. The minimum atomic E-state index is -2.69. The number of carbonyl (C=O) groups is 3. The number of alkyl halides is 2. The Labute approximate surface area is 208 Å². The summed E-state index contributed by atoms with van der Waals surface area (Å²) in [5.74, 6) is -2.06. The number of nitrogens with one attached hydrogen (secondary N) is 3. The Morgan fingerprint density at radius 2 is 2.00 bits per heavy atom. The van der Waals surface area contributed by atoms with E-state index in [2.05, 4.69) is 16.0 Å². The van der Waals surface area contributed by atoms with Crippen LogP contribution in [0.3, 0.4) is 0 Å². The summed E-state index contributed by atoms with van der Waals surface area (Å²) in [6.07, 6.45) is -2.10. The van der Waals surface area contributed by atoms with Crippen molar-refractivity contribution >= 4 is 40.9 Å². The lowest BCUT2D eigenvalue weighted by Crippen LogP contribution is -2.39. The molecule has 0 bridgehead atoms. The van der Waals surface area contributed by atoms with Crippen molar-refractivity contribution < 1.29 is 23.2 Å². The van der Waals surface area contributed by atoms with Crippen molar-refractivity contribution in [2.45, 2.75) is 36.8 Å². The van der Waals surface area contributed by atoms with Gasteiger partial charge in [-0.05, 0) is 45.6 Å². The zero-order chi connectivity index (χ0) is 26.0. The molecule has 3 amide bonds. The van der Waals surface area contributed by atoms with Crippen molar-refractivity contribution in [1.82, 2.24) is 15.1 Å². The van der Waals surface area contributed by atoms with Gasteiger partial charge >= 0.3 is 0 Å². The molecular weight excluding hydrogens is 478 g/mol. The SMILES string of the molecule is CCN1C(=O)C(CCNc2cccc(NC(=O)CN(C)C)c2)SC1CC(C#N)C(=O)NCC(F)F. The highest BCUT2D eigenvalue weighted by molar-refractivity contribution is 8.01. The van der Waals surface area contributed by atoms with E-state index in [4.69, 9.17) is 0 Å². The van der Waals surface area contributed by atoms with E-state index >= 15 is 0 Å². The fourth-order valence-electron chi connectivity index (χ4n) is 3.65. The van der Waals surface area contributed by atoms with Gasteiger partial charge in [-0.2, -0.15) is 5.26 Å². The average Bonchev–Trinajstić information content (AvgIpc) is 3.09. The Morgan fingerprint density at radius 1 is 1.29 bits per heavy atom. The van der Waals surface area contributed by atoms with Crippen LogP contribution < -0.4 is 16.0 Å². The Balaban J connectivity index is 1.90. The van der Waals surface area contributed by atoms with Crippen LogP contribution in [0.1, 0.15) is 19.8 Å². The second-order valence-corrected chi connectivity index (χ2v) is 9.72. The molecule has 0 aromatic heterocycles. The number of carbonyl (C=O) groups excluding carboxylic acids is 3. The molecule has 0 aliphatic carbocycles. The smallest absolute Gasteiger partial charge is 0.255 e. The van der Waals surface area contributed by atoms with E-state index in [1.807, 2.05) is 45.3 Å². The molecule has 192 valence electrons. The number of hydrogen-bond donors (Lipinski definition) is 3. The predicted molar refractivity (Wildman–Crippen MR) is 132 cm³/mol. The summed E-state index contributed by atoms with van der Waals surface area (Å²) in [6.45, 7) is 2.21. The molecule has 0 spiro atoms. The first-order valence-corrected chi connectivity index (χ1v) is 12.3. The molecule has 1 saturated heterocycles. The van der Waals surface area contributed by atoms with E-state index in [-0.39, 0.29) is 35.4 Å². The monoisotopic (exact) mass is 510 g/mol. The lowest BCUT2D eigenvalue weighted by atomic mass is 10.1. The van der Waals surface area contributed by atoms with Crippen LogP contribution in [0.2, 0.25) is 0 Å². The quantitative estimate of drug-likeness (QED) is 0.372. The molecule has 2 rings (SSSR count). The second-order valence-electron chi connectivity index (χ2n) is 8.34. The largest absolute Gasteiger partial charge is 0.385 e. The molecule has 12 heteroatoms. The summed E-state index contributed by atoms with van der Waals surface area (Å²) in [6, 6.07) is 9.16. The maximum Gasteiger partial charge on any atom is 0.255 e. The molecule has 35 heavy (non-hydrogen) atoms. The van der Waals surface area contributed by atoms with Crippen LogP contribution >= 0.6 is 11.8 Å². The normalized spacial score (nSPS) is 18.5. The van der Waals surface area contributed by atoms with Gasteiger partial charge in [-0.1, -0.05) is 6.07 Å². The van der Waals surface area contributed by atoms with Crippen molar-refractivity contribution in [1.29, 1.82) is 5.26 Å². The summed E-state index contributed by atoms with van der Waals surface area (Å²) in [7, 11) is 3.62. The first-order valence-electron chi connectivity index (χ1n) is 11.3. The lowest BCUT2D eigenvalue weighted by Gasteiger charge is -2.23. The molecule has 1 aromatic rings. The first kappa shape index (κ1) is 28.3. The van der Waals surface area contributed by atoms with Gasteiger partial charge in [0.15, 0.2) is 0 Å². The number of hydrogen-bond acceptors (Lipinski definition) is 7. The third-order valence-corrected chi connectivity index (χ3v) is 6.78. The van der Waals surface area contributed by atoms with Crippen LogP contribution in [0, 0.1) is 17.2 Å². The highest BCUT2D eigenvalue weighted by atomic mass is 32.2. The summed E-state index contributed by atoms with van der Waals surface area (Å²) in [4.78, 5) is 40.3. The number of thioether (sulfide) groups is 1. The lowest BCUT2D eigenvalue weighted by molar-refractivity contribution is -0.131. The van der Waals surface area contributed by atoms with Crippen molar-refractivity contribution in [2.75, 3.05) is 50.9 Å². The molecule has 9 nitrogen and oxygen atoms in total. The summed E-state index contributed by atoms with van der Waals surface area (Å²) in [5.41, 5.74) is 1.46. The molecule has 1 aromatic carbocycles. The van der Waals surface area contributed by atoms with E-state index in [1.165, 1.54) is 11.8 Å². The zero-order valence-corrected chi connectivity index (χ0v) is 20.9. The van der Waals surface area contributed by atoms with Gasteiger partial charge in [-0.25, -0.2) is 8.78 Å². The van der Waals surface area contributed by atoms with Gasteiger partial charge in [0.05, 0.1) is 29.8 Å². The van der Waals surface area contributed by atoms with E-state index in [1.54, 1.807) is 15.9 Å². The summed E-state index contributed by atoms with van der Waals surface area (Å²) >= 11 is 1.38. The topological polar surface area (TPSA) is 118 Å². The Hall–Kier alpha value is -2.91. The molecule has 3 N–H and O–H groups in total. The van der Waals surface area contributed by atoms with Crippen LogP contribution in [0.25, 0.3) is 0 Å².